The number of nitrogens with one attached hydrogen (secondary N) is 1. The molecule has 1 amide bonds. The highest BCUT2D eigenvalue weighted by molar-refractivity contribution is 5.85. The average Bonchev–Trinajstić information content (AvgIpc) is 3.15. The largest absolute Gasteiger partial charge is 0.454 e. The number of esters is 1. The zero-order valence-electron chi connectivity index (χ0n) is 15.4. The van der Waals surface area contributed by atoms with Crippen LogP contribution < -0.4 is 14.8 Å². The molecular weight excluding hydrogens is 346 g/mol. The lowest BCUT2D eigenvalue weighted by molar-refractivity contribution is -0.156. The summed E-state index contributed by atoms with van der Waals surface area (Å²) in [5, 5.41) is 2.78. The highest BCUT2D eigenvalue weighted by Gasteiger charge is 2.25. The fraction of sp³-hybridized carbons (Fsp3) is 0.333. The lowest BCUT2D eigenvalue weighted by atomic mass is 9.97. The summed E-state index contributed by atoms with van der Waals surface area (Å²) < 4.78 is 16.0. The van der Waals surface area contributed by atoms with Gasteiger partial charge in [-0.25, -0.2) is 0 Å². The van der Waals surface area contributed by atoms with E-state index in [1.807, 2.05) is 49.4 Å². The van der Waals surface area contributed by atoms with Gasteiger partial charge in [0.05, 0.1) is 5.92 Å². The third-order valence-electron chi connectivity index (χ3n) is 4.46. The smallest absolute Gasteiger partial charge is 0.314 e. The van der Waals surface area contributed by atoms with Crippen molar-refractivity contribution >= 4 is 11.9 Å². The molecular formula is C21H23NO5. The standard InChI is InChI=1S/C21H23NO5/c1-3-17(16-7-5-4-6-8-16)21(24)27-14(2)20(23)22-12-15-9-10-18-19(11-15)26-13-25-18/h4-11,14,17H,3,12-13H2,1-2H3,(H,22,23)/t14-,17-/m1/s1. The molecule has 0 unspecified atom stereocenters. The van der Waals surface area contributed by atoms with Crippen molar-refractivity contribution in [3.05, 3.63) is 59.7 Å². The van der Waals surface area contributed by atoms with Gasteiger partial charge in [-0.2, -0.15) is 0 Å². The van der Waals surface area contributed by atoms with E-state index in [0.29, 0.717) is 24.5 Å². The second-order valence-corrected chi connectivity index (χ2v) is 6.36. The van der Waals surface area contributed by atoms with Gasteiger partial charge in [0.1, 0.15) is 0 Å². The van der Waals surface area contributed by atoms with Gasteiger partial charge in [-0.15, -0.1) is 0 Å². The summed E-state index contributed by atoms with van der Waals surface area (Å²) in [5.74, 6) is 0.238. The summed E-state index contributed by atoms with van der Waals surface area (Å²) in [7, 11) is 0. The number of carbonyl (C=O) groups is 2. The van der Waals surface area contributed by atoms with E-state index in [9.17, 15) is 9.59 Å². The first-order valence-corrected chi connectivity index (χ1v) is 9.00. The van der Waals surface area contributed by atoms with E-state index in [1.165, 1.54) is 0 Å². The van der Waals surface area contributed by atoms with Crippen molar-refractivity contribution < 1.29 is 23.8 Å². The quantitative estimate of drug-likeness (QED) is 0.759. The topological polar surface area (TPSA) is 73.9 Å². The van der Waals surface area contributed by atoms with Crippen molar-refractivity contribution in [3.8, 4) is 11.5 Å². The first kappa shape index (κ1) is 18.8. The number of hydrogen-bond acceptors (Lipinski definition) is 5. The van der Waals surface area contributed by atoms with Crippen LogP contribution in [-0.4, -0.2) is 24.8 Å². The van der Waals surface area contributed by atoms with E-state index in [4.69, 9.17) is 14.2 Å². The molecule has 0 bridgehead atoms. The molecule has 0 aromatic heterocycles. The summed E-state index contributed by atoms with van der Waals surface area (Å²) in [5.41, 5.74) is 1.76. The van der Waals surface area contributed by atoms with Gasteiger partial charge >= 0.3 is 5.97 Å². The van der Waals surface area contributed by atoms with E-state index in [2.05, 4.69) is 5.32 Å². The highest BCUT2D eigenvalue weighted by atomic mass is 16.7. The van der Waals surface area contributed by atoms with Crippen molar-refractivity contribution in [1.82, 2.24) is 5.32 Å². The zero-order chi connectivity index (χ0) is 19.2. The van der Waals surface area contributed by atoms with E-state index in [1.54, 1.807) is 13.0 Å². The number of carbonyl (C=O) groups excluding carboxylic acids is 2. The minimum Gasteiger partial charge on any atom is -0.454 e. The summed E-state index contributed by atoms with van der Waals surface area (Å²) in [6.45, 7) is 4.01. The number of benzene rings is 2. The molecule has 1 aliphatic heterocycles. The van der Waals surface area contributed by atoms with Crippen LogP contribution in [0.25, 0.3) is 0 Å². The van der Waals surface area contributed by atoms with Gasteiger partial charge in [0, 0.05) is 6.54 Å². The van der Waals surface area contributed by atoms with Crippen LogP contribution in [0.2, 0.25) is 0 Å². The van der Waals surface area contributed by atoms with Gasteiger partial charge in [-0.05, 0) is 36.6 Å². The lowest BCUT2D eigenvalue weighted by Gasteiger charge is -2.18. The van der Waals surface area contributed by atoms with Crippen LogP contribution in [0.3, 0.4) is 0 Å². The van der Waals surface area contributed by atoms with E-state index in [-0.39, 0.29) is 18.6 Å². The van der Waals surface area contributed by atoms with Crippen molar-refractivity contribution in [2.45, 2.75) is 38.8 Å². The van der Waals surface area contributed by atoms with Gasteiger partial charge in [-0.1, -0.05) is 43.3 Å². The molecule has 1 aliphatic rings. The molecule has 0 radical (unpaired) electrons. The predicted molar refractivity (Wildman–Crippen MR) is 99.4 cm³/mol. The summed E-state index contributed by atoms with van der Waals surface area (Å²) >= 11 is 0. The third-order valence-corrected chi connectivity index (χ3v) is 4.46. The predicted octanol–water partition coefficient (Wildman–Crippen LogP) is 3.16. The first-order chi connectivity index (χ1) is 13.1. The Balaban J connectivity index is 1.53. The molecule has 142 valence electrons. The van der Waals surface area contributed by atoms with Crippen molar-refractivity contribution in [3.63, 3.8) is 0 Å². The average molecular weight is 369 g/mol. The Morgan fingerprint density at radius 1 is 1.11 bits per heavy atom. The van der Waals surface area contributed by atoms with Gasteiger partial charge in [0.25, 0.3) is 5.91 Å². The number of hydrogen-bond donors (Lipinski definition) is 1. The molecule has 2 aromatic carbocycles. The molecule has 6 heteroatoms. The fourth-order valence-corrected chi connectivity index (χ4v) is 2.92. The first-order valence-electron chi connectivity index (χ1n) is 9.00. The van der Waals surface area contributed by atoms with Crippen molar-refractivity contribution in [1.29, 1.82) is 0 Å². The van der Waals surface area contributed by atoms with Crippen LogP contribution in [0.1, 0.15) is 37.3 Å². The Labute approximate surface area is 158 Å². The number of ether oxygens (including phenoxy) is 3. The molecule has 1 N–H and O–H groups in total. The minimum atomic E-state index is -0.871. The van der Waals surface area contributed by atoms with Gasteiger partial charge in [0.15, 0.2) is 17.6 Å². The van der Waals surface area contributed by atoms with Crippen LogP contribution in [0.4, 0.5) is 0 Å². The molecule has 0 saturated carbocycles. The molecule has 2 aromatic rings. The van der Waals surface area contributed by atoms with Crippen LogP contribution in [-0.2, 0) is 20.9 Å². The Bertz CT molecular complexity index is 805. The van der Waals surface area contributed by atoms with Crippen LogP contribution >= 0.6 is 0 Å². The maximum Gasteiger partial charge on any atom is 0.314 e. The van der Waals surface area contributed by atoms with E-state index < -0.39 is 12.1 Å². The van der Waals surface area contributed by atoms with E-state index in [0.717, 1.165) is 11.1 Å². The van der Waals surface area contributed by atoms with Gasteiger partial charge in [-0.3, -0.25) is 9.59 Å². The number of amides is 1. The minimum absolute atomic E-state index is 0.206. The Hall–Kier alpha value is -3.02. The monoisotopic (exact) mass is 369 g/mol. The van der Waals surface area contributed by atoms with Crippen LogP contribution in [0, 0.1) is 0 Å². The Morgan fingerprint density at radius 2 is 1.85 bits per heavy atom. The second kappa shape index (κ2) is 8.58. The van der Waals surface area contributed by atoms with Crippen molar-refractivity contribution in [2.24, 2.45) is 0 Å². The number of rotatable bonds is 7. The molecule has 6 nitrogen and oxygen atoms in total. The maximum atomic E-state index is 12.5. The number of fused-ring (bicyclic) bond motifs is 1. The SMILES string of the molecule is CC[C@@H](C(=O)O[C@H](C)C(=O)NCc1ccc2c(c1)OCO2)c1ccccc1. The third kappa shape index (κ3) is 4.58. The van der Waals surface area contributed by atoms with Gasteiger partial charge < -0.3 is 19.5 Å². The second-order valence-electron chi connectivity index (χ2n) is 6.36. The van der Waals surface area contributed by atoms with Crippen LogP contribution in [0.15, 0.2) is 48.5 Å². The summed E-state index contributed by atoms with van der Waals surface area (Å²) in [6, 6.07) is 14.9. The highest BCUT2D eigenvalue weighted by Crippen LogP contribution is 2.32. The van der Waals surface area contributed by atoms with E-state index >= 15 is 0 Å². The summed E-state index contributed by atoms with van der Waals surface area (Å²) in [6.07, 6.45) is -0.266. The lowest BCUT2D eigenvalue weighted by Crippen LogP contribution is -2.36. The van der Waals surface area contributed by atoms with Crippen molar-refractivity contribution in [2.75, 3.05) is 6.79 Å². The molecule has 3 rings (SSSR count). The van der Waals surface area contributed by atoms with Crippen LogP contribution in [0.5, 0.6) is 11.5 Å². The van der Waals surface area contributed by atoms with Gasteiger partial charge in [0.2, 0.25) is 6.79 Å². The molecule has 2 atom stereocenters. The fourth-order valence-electron chi connectivity index (χ4n) is 2.92. The summed E-state index contributed by atoms with van der Waals surface area (Å²) in [4.78, 5) is 24.7. The normalized spacial score (nSPS) is 14.3. The Kier molecular flexibility index (Phi) is 5.96. The molecule has 27 heavy (non-hydrogen) atoms. The molecule has 0 fully saturated rings. The Morgan fingerprint density at radius 3 is 2.59 bits per heavy atom. The molecule has 0 aliphatic carbocycles. The maximum absolute atomic E-state index is 12.5. The molecule has 0 saturated heterocycles. The molecule has 0 spiro atoms. The molecule has 1 heterocycles. The zero-order valence-corrected chi connectivity index (χ0v) is 15.4.